The number of ether oxygens (including phenoxy) is 1. The van der Waals surface area contributed by atoms with Crippen LogP contribution in [-0.4, -0.2) is 17.0 Å². The van der Waals surface area contributed by atoms with Crippen molar-refractivity contribution in [3.63, 3.8) is 0 Å². The Kier molecular flexibility index (Phi) is 3.07. The van der Waals surface area contributed by atoms with Gasteiger partial charge in [-0.1, -0.05) is 12.2 Å². The van der Waals surface area contributed by atoms with E-state index < -0.39 is 11.9 Å². The zero-order chi connectivity index (χ0) is 9.90. The van der Waals surface area contributed by atoms with Crippen molar-refractivity contribution in [1.29, 1.82) is 5.26 Å². The molecule has 2 atom stereocenters. The van der Waals surface area contributed by atoms with Crippen LogP contribution in [0, 0.1) is 11.3 Å². The molecule has 13 heavy (non-hydrogen) atoms. The number of hydrogen-bond acceptors (Lipinski definition) is 3. The Labute approximate surface area is 78.6 Å². The summed E-state index contributed by atoms with van der Waals surface area (Å²) in [5.74, 6) is 0. The summed E-state index contributed by atoms with van der Waals surface area (Å²) in [6, 6.07) is 2.14. The quantitative estimate of drug-likeness (QED) is 0.660. The SMILES string of the molecule is C=C(C)CC1(C#N)CCCC(O)O1. The van der Waals surface area contributed by atoms with Gasteiger partial charge in [0, 0.05) is 6.42 Å². The Morgan fingerprint density at radius 3 is 3.00 bits per heavy atom. The Morgan fingerprint density at radius 2 is 2.54 bits per heavy atom. The highest BCUT2D eigenvalue weighted by Gasteiger charge is 2.36. The number of hydrogen-bond donors (Lipinski definition) is 1. The molecule has 1 fully saturated rings. The van der Waals surface area contributed by atoms with Crippen molar-refractivity contribution < 1.29 is 9.84 Å². The number of rotatable bonds is 2. The van der Waals surface area contributed by atoms with Gasteiger partial charge in [0.25, 0.3) is 0 Å². The van der Waals surface area contributed by atoms with Gasteiger partial charge in [-0.15, -0.1) is 0 Å². The highest BCUT2D eigenvalue weighted by Crippen LogP contribution is 2.32. The number of nitriles is 1. The smallest absolute Gasteiger partial charge is 0.161 e. The van der Waals surface area contributed by atoms with Crippen LogP contribution >= 0.6 is 0 Å². The fraction of sp³-hybridized carbons (Fsp3) is 0.700. The van der Waals surface area contributed by atoms with E-state index in [9.17, 15) is 5.11 Å². The van der Waals surface area contributed by atoms with E-state index in [4.69, 9.17) is 10.00 Å². The minimum Gasteiger partial charge on any atom is -0.368 e. The van der Waals surface area contributed by atoms with Crippen molar-refractivity contribution in [3.8, 4) is 6.07 Å². The van der Waals surface area contributed by atoms with E-state index in [0.717, 1.165) is 12.0 Å². The second kappa shape index (κ2) is 3.91. The Balaban J connectivity index is 2.69. The van der Waals surface area contributed by atoms with Gasteiger partial charge >= 0.3 is 0 Å². The first-order valence-electron chi connectivity index (χ1n) is 4.49. The molecule has 1 aliphatic rings. The van der Waals surface area contributed by atoms with Crippen LogP contribution in [0.3, 0.4) is 0 Å². The molecule has 1 N–H and O–H groups in total. The molecule has 1 saturated heterocycles. The minimum absolute atomic E-state index is 0.514. The van der Waals surface area contributed by atoms with Gasteiger partial charge < -0.3 is 9.84 Å². The molecule has 0 amide bonds. The van der Waals surface area contributed by atoms with E-state index in [1.165, 1.54) is 0 Å². The summed E-state index contributed by atoms with van der Waals surface area (Å²) in [5, 5.41) is 18.3. The van der Waals surface area contributed by atoms with E-state index in [1.807, 2.05) is 6.92 Å². The van der Waals surface area contributed by atoms with Crippen LogP contribution in [-0.2, 0) is 4.74 Å². The summed E-state index contributed by atoms with van der Waals surface area (Å²) in [6.45, 7) is 5.62. The van der Waals surface area contributed by atoms with Crippen molar-refractivity contribution in [2.75, 3.05) is 0 Å². The zero-order valence-electron chi connectivity index (χ0n) is 7.92. The maximum atomic E-state index is 9.29. The summed E-state index contributed by atoms with van der Waals surface area (Å²) >= 11 is 0. The molecular weight excluding hydrogens is 166 g/mol. The first kappa shape index (κ1) is 10.2. The van der Waals surface area contributed by atoms with Crippen LogP contribution in [0.4, 0.5) is 0 Å². The topological polar surface area (TPSA) is 53.2 Å². The van der Waals surface area contributed by atoms with Crippen LogP contribution in [0.5, 0.6) is 0 Å². The summed E-state index contributed by atoms with van der Waals surface area (Å²) in [6.07, 6.45) is 1.88. The predicted molar refractivity (Wildman–Crippen MR) is 48.7 cm³/mol. The van der Waals surface area contributed by atoms with Crippen molar-refractivity contribution in [3.05, 3.63) is 12.2 Å². The molecule has 0 aromatic carbocycles. The van der Waals surface area contributed by atoms with Crippen molar-refractivity contribution in [1.82, 2.24) is 0 Å². The average molecular weight is 181 g/mol. The normalized spacial score (nSPS) is 33.8. The highest BCUT2D eigenvalue weighted by molar-refractivity contribution is 5.11. The van der Waals surface area contributed by atoms with Crippen LogP contribution in [0.2, 0.25) is 0 Å². The molecule has 0 radical (unpaired) electrons. The van der Waals surface area contributed by atoms with Crippen LogP contribution in [0.25, 0.3) is 0 Å². The van der Waals surface area contributed by atoms with Crippen LogP contribution in [0.1, 0.15) is 32.6 Å². The Hall–Kier alpha value is -0.850. The molecule has 3 nitrogen and oxygen atoms in total. The van der Waals surface area contributed by atoms with Gasteiger partial charge in [-0.05, 0) is 26.2 Å². The lowest BCUT2D eigenvalue weighted by Gasteiger charge is -2.34. The predicted octanol–water partition coefficient (Wildman–Crippen LogP) is 1.73. The number of nitrogens with zero attached hydrogens (tertiary/aromatic N) is 1. The summed E-state index contributed by atoms with van der Waals surface area (Å²) in [4.78, 5) is 0. The summed E-state index contributed by atoms with van der Waals surface area (Å²) in [5.41, 5.74) is 0.0828. The van der Waals surface area contributed by atoms with Crippen molar-refractivity contribution in [2.45, 2.75) is 44.5 Å². The third-order valence-corrected chi connectivity index (χ3v) is 2.18. The highest BCUT2D eigenvalue weighted by atomic mass is 16.6. The lowest BCUT2D eigenvalue weighted by molar-refractivity contribution is -0.190. The minimum atomic E-state index is -0.830. The molecule has 0 bridgehead atoms. The van der Waals surface area contributed by atoms with Gasteiger partial charge in [0.05, 0.1) is 6.07 Å². The van der Waals surface area contributed by atoms with E-state index >= 15 is 0 Å². The lowest BCUT2D eigenvalue weighted by atomic mass is 9.89. The third kappa shape index (κ3) is 2.55. The molecule has 0 saturated carbocycles. The zero-order valence-corrected chi connectivity index (χ0v) is 7.92. The lowest BCUT2D eigenvalue weighted by Crippen LogP contribution is -2.39. The molecule has 2 unspecified atom stereocenters. The van der Waals surface area contributed by atoms with E-state index in [0.29, 0.717) is 19.3 Å². The molecular formula is C10H15NO2. The van der Waals surface area contributed by atoms with Gasteiger partial charge in [0.15, 0.2) is 11.9 Å². The molecule has 1 rings (SSSR count). The second-order valence-electron chi connectivity index (χ2n) is 3.70. The van der Waals surface area contributed by atoms with Crippen molar-refractivity contribution in [2.24, 2.45) is 0 Å². The molecule has 0 spiro atoms. The van der Waals surface area contributed by atoms with Crippen LogP contribution in [0.15, 0.2) is 12.2 Å². The molecule has 0 aliphatic carbocycles. The maximum absolute atomic E-state index is 9.29. The monoisotopic (exact) mass is 181 g/mol. The number of aliphatic hydroxyl groups is 1. The average Bonchev–Trinajstić information content (AvgIpc) is 2.03. The van der Waals surface area contributed by atoms with Gasteiger partial charge in [0.2, 0.25) is 0 Å². The molecule has 0 aromatic rings. The van der Waals surface area contributed by atoms with Crippen molar-refractivity contribution >= 4 is 0 Å². The van der Waals surface area contributed by atoms with Gasteiger partial charge in [-0.25, -0.2) is 0 Å². The second-order valence-corrected chi connectivity index (χ2v) is 3.70. The van der Waals surface area contributed by atoms with Gasteiger partial charge in [-0.3, -0.25) is 0 Å². The first-order valence-corrected chi connectivity index (χ1v) is 4.49. The standard InChI is InChI=1S/C10H15NO2/c1-8(2)6-10(7-11)5-3-4-9(12)13-10/h9,12H,1,3-6H2,2H3. The fourth-order valence-electron chi connectivity index (χ4n) is 1.68. The van der Waals surface area contributed by atoms with Crippen LogP contribution < -0.4 is 0 Å². The Bertz CT molecular complexity index is 244. The largest absolute Gasteiger partial charge is 0.368 e. The van der Waals surface area contributed by atoms with E-state index in [-0.39, 0.29) is 0 Å². The van der Waals surface area contributed by atoms with Gasteiger partial charge in [-0.2, -0.15) is 5.26 Å². The molecule has 0 aromatic heterocycles. The molecule has 3 heteroatoms. The first-order chi connectivity index (χ1) is 6.08. The van der Waals surface area contributed by atoms with Gasteiger partial charge in [0.1, 0.15) is 0 Å². The van der Waals surface area contributed by atoms with E-state index in [2.05, 4.69) is 12.6 Å². The Morgan fingerprint density at radius 1 is 1.85 bits per heavy atom. The molecule has 72 valence electrons. The summed E-state index contributed by atoms with van der Waals surface area (Å²) < 4.78 is 5.27. The fourth-order valence-corrected chi connectivity index (χ4v) is 1.68. The molecule has 1 heterocycles. The number of aliphatic hydroxyl groups excluding tert-OH is 1. The van der Waals surface area contributed by atoms with E-state index in [1.54, 1.807) is 0 Å². The third-order valence-electron chi connectivity index (χ3n) is 2.18. The molecule has 1 aliphatic heterocycles. The maximum Gasteiger partial charge on any atom is 0.161 e. The summed E-state index contributed by atoms with van der Waals surface area (Å²) in [7, 11) is 0.